The van der Waals surface area contributed by atoms with E-state index >= 15 is 0 Å². The highest BCUT2D eigenvalue weighted by molar-refractivity contribution is 9.10. The van der Waals surface area contributed by atoms with Crippen molar-refractivity contribution in [3.8, 4) is 17.2 Å². The molecular weight excluding hydrogens is 416 g/mol. The highest BCUT2D eigenvalue weighted by Gasteiger charge is 2.34. The van der Waals surface area contributed by atoms with Gasteiger partial charge in [0, 0.05) is 4.47 Å². The summed E-state index contributed by atoms with van der Waals surface area (Å²) in [6, 6.07) is 10.4. The summed E-state index contributed by atoms with van der Waals surface area (Å²) in [7, 11) is 4.50. The van der Waals surface area contributed by atoms with Crippen LogP contribution >= 0.6 is 15.9 Å². The molecule has 2 aromatic rings. The molecule has 0 saturated carbocycles. The fourth-order valence-electron chi connectivity index (χ4n) is 2.68. The average Bonchev–Trinajstić information content (AvgIpc) is 2.96. The van der Waals surface area contributed by atoms with Gasteiger partial charge >= 0.3 is 0 Å². The average molecular weight is 433 g/mol. The highest BCUT2D eigenvalue weighted by atomic mass is 79.9. The number of rotatable bonds is 5. The molecule has 0 atom stereocenters. The maximum absolute atomic E-state index is 12.7. The Morgan fingerprint density at radius 1 is 0.963 bits per heavy atom. The van der Waals surface area contributed by atoms with Gasteiger partial charge in [0.1, 0.15) is 5.57 Å². The summed E-state index contributed by atoms with van der Waals surface area (Å²) in [5.74, 6) is 0.354. The second-order valence-electron chi connectivity index (χ2n) is 5.57. The van der Waals surface area contributed by atoms with Crippen molar-refractivity contribution in [2.24, 2.45) is 0 Å². The Balaban J connectivity index is 1.98. The van der Waals surface area contributed by atoms with Crippen LogP contribution < -0.4 is 24.6 Å². The van der Waals surface area contributed by atoms with Crippen LogP contribution in [0.25, 0.3) is 6.08 Å². The number of carbonyl (C=O) groups excluding carboxylic acids is 2. The zero-order valence-electron chi connectivity index (χ0n) is 14.9. The van der Waals surface area contributed by atoms with Crippen LogP contribution in [-0.2, 0) is 9.59 Å². The second kappa shape index (κ2) is 7.71. The molecule has 0 bridgehead atoms. The van der Waals surface area contributed by atoms with Gasteiger partial charge in [-0.1, -0.05) is 15.9 Å². The molecule has 0 spiro atoms. The van der Waals surface area contributed by atoms with E-state index < -0.39 is 11.8 Å². The molecule has 140 valence electrons. The van der Waals surface area contributed by atoms with Crippen LogP contribution in [0.15, 0.2) is 46.4 Å². The summed E-state index contributed by atoms with van der Waals surface area (Å²) >= 11 is 3.34. The van der Waals surface area contributed by atoms with Gasteiger partial charge < -0.3 is 14.2 Å². The van der Waals surface area contributed by atoms with Crippen LogP contribution in [0.4, 0.5) is 5.69 Å². The number of carbonyl (C=O) groups is 2. The number of halogens is 1. The topological polar surface area (TPSA) is 77.1 Å². The fourth-order valence-corrected chi connectivity index (χ4v) is 2.95. The monoisotopic (exact) mass is 432 g/mol. The predicted octanol–water partition coefficient (Wildman–Crippen LogP) is 2.94. The van der Waals surface area contributed by atoms with Gasteiger partial charge in [-0.05, 0) is 48.0 Å². The lowest BCUT2D eigenvalue weighted by Crippen LogP contribution is -2.35. The van der Waals surface area contributed by atoms with Gasteiger partial charge in [-0.15, -0.1) is 0 Å². The molecule has 1 aliphatic heterocycles. The van der Waals surface area contributed by atoms with Crippen molar-refractivity contribution >= 4 is 39.5 Å². The minimum Gasteiger partial charge on any atom is -0.493 e. The standard InChI is InChI=1S/C19H17BrN2O5/c1-25-15-9-11(10-16(26-2)17(15)27-3)8-14-18(23)21-22(19(14)24)13-6-4-12(20)5-7-13/h4-10H,1-3H3,(H,21,23)/b14-8+. The lowest BCUT2D eigenvalue weighted by Gasteiger charge is -2.14. The first kappa shape index (κ1) is 18.8. The van der Waals surface area contributed by atoms with Crippen LogP contribution in [0.5, 0.6) is 17.2 Å². The third-order valence-corrected chi connectivity index (χ3v) is 4.50. The van der Waals surface area contributed by atoms with E-state index in [1.54, 1.807) is 36.4 Å². The van der Waals surface area contributed by atoms with Crippen molar-refractivity contribution in [2.45, 2.75) is 0 Å². The van der Waals surface area contributed by atoms with E-state index in [0.717, 1.165) is 4.47 Å². The minimum absolute atomic E-state index is 0.00666. The molecule has 0 aliphatic carbocycles. The summed E-state index contributed by atoms with van der Waals surface area (Å²) in [6.45, 7) is 0. The number of benzene rings is 2. The summed E-state index contributed by atoms with van der Waals surface area (Å²) in [5, 5.41) is 1.21. The Morgan fingerprint density at radius 2 is 1.56 bits per heavy atom. The first-order chi connectivity index (χ1) is 13.0. The Hall–Kier alpha value is -3.00. The van der Waals surface area contributed by atoms with Crippen molar-refractivity contribution in [1.29, 1.82) is 0 Å². The van der Waals surface area contributed by atoms with Crippen LogP contribution in [0.3, 0.4) is 0 Å². The van der Waals surface area contributed by atoms with E-state index in [1.807, 2.05) is 0 Å². The quantitative estimate of drug-likeness (QED) is 0.580. The molecule has 2 aromatic carbocycles. The van der Waals surface area contributed by atoms with Gasteiger partial charge in [-0.2, -0.15) is 0 Å². The molecule has 0 aromatic heterocycles. The summed E-state index contributed by atoms with van der Waals surface area (Å²) < 4.78 is 16.8. The Kier molecular flexibility index (Phi) is 5.36. The number of nitrogens with one attached hydrogen (secondary N) is 1. The van der Waals surface area contributed by atoms with Crippen LogP contribution in [0.1, 0.15) is 5.56 Å². The molecule has 1 fully saturated rings. The zero-order valence-corrected chi connectivity index (χ0v) is 16.5. The Labute approximate surface area is 164 Å². The molecule has 0 radical (unpaired) electrons. The Morgan fingerprint density at radius 3 is 2.07 bits per heavy atom. The number of hydrazine groups is 1. The molecule has 1 aliphatic rings. The van der Waals surface area contributed by atoms with Gasteiger partial charge in [0.15, 0.2) is 11.5 Å². The van der Waals surface area contributed by atoms with E-state index in [2.05, 4.69) is 21.4 Å². The van der Waals surface area contributed by atoms with Gasteiger partial charge in [-0.3, -0.25) is 15.0 Å². The molecule has 1 N–H and O–H groups in total. The summed E-state index contributed by atoms with van der Waals surface area (Å²) in [4.78, 5) is 25.0. The van der Waals surface area contributed by atoms with Crippen molar-refractivity contribution in [1.82, 2.24) is 5.43 Å². The van der Waals surface area contributed by atoms with Gasteiger partial charge in [0.05, 0.1) is 27.0 Å². The van der Waals surface area contributed by atoms with Gasteiger partial charge in [0.2, 0.25) is 5.75 Å². The van der Waals surface area contributed by atoms with Crippen molar-refractivity contribution in [2.75, 3.05) is 26.3 Å². The number of nitrogens with zero attached hydrogens (tertiary/aromatic N) is 1. The zero-order chi connectivity index (χ0) is 19.6. The molecule has 0 unspecified atom stereocenters. The van der Waals surface area contributed by atoms with Crippen LogP contribution in [0, 0.1) is 0 Å². The predicted molar refractivity (Wildman–Crippen MR) is 104 cm³/mol. The van der Waals surface area contributed by atoms with E-state index in [4.69, 9.17) is 14.2 Å². The van der Waals surface area contributed by atoms with Crippen molar-refractivity contribution in [3.63, 3.8) is 0 Å². The highest BCUT2D eigenvalue weighted by Crippen LogP contribution is 2.39. The number of ether oxygens (including phenoxy) is 3. The lowest BCUT2D eigenvalue weighted by atomic mass is 10.1. The summed E-state index contributed by atoms with van der Waals surface area (Å²) in [5.41, 5.74) is 3.70. The lowest BCUT2D eigenvalue weighted by molar-refractivity contribution is -0.117. The fraction of sp³-hybridized carbons (Fsp3) is 0.158. The minimum atomic E-state index is -0.489. The third kappa shape index (κ3) is 3.61. The van der Waals surface area contributed by atoms with Crippen LogP contribution in [0.2, 0.25) is 0 Å². The number of amides is 2. The number of hydrogen-bond acceptors (Lipinski definition) is 5. The van der Waals surface area contributed by atoms with E-state index in [9.17, 15) is 9.59 Å². The molecule has 1 heterocycles. The number of hydrogen-bond donors (Lipinski definition) is 1. The molecule has 8 heteroatoms. The largest absolute Gasteiger partial charge is 0.493 e. The molecule has 7 nitrogen and oxygen atoms in total. The SMILES string of the molecule is COc1cc(/C=C2\C(=O)NN(c3ccc(Br)cc3)C2=O)cc(OC)c1OC. The van der Waals surface area contributed by atoms with Crippen molar-refractivity contribution in [3.05, 3.63) is 52.0 Å². The molecule has 2 amide bonds. The molecule has 27 heavy (non-hydrogen) atoms. The first-order valence-electron chi connectivity index (χ1n) is 7.91. The van der Waals surface area contributed by atoms with E-state index in [-0.39, 0.29) is 5.57 Å². The van der Waals surface area contributed by atoms with Gasteiger partial charge in [0.25, 0.3) is 11.8 Å². The van der Waals surface area contributed by atoms with E-state index in [0.29, 0.717) is 28.5 Å². The first-order valence-corrected chi connectivity index (χ1v) is 8.70. The van der Waals surface area contributed by atoms with Gasteiger partial charge in [-0.25, -0.2) is 5.01 Å². The molecular formula is C19H17BrN2O5. The Bertz CT molecular complexity index is 899. The van der Waals surface area contributed by atoms with E-state index in [1.165, 1.54) is 32.4 Å². The van der Waals surface area contributed by atoms with Crippen LogP contribution in [-0.4, -0.2) is 33.1 Å². The normalized spacial score (nSPS) is 15.1. The second-order valence-corrected chi connectivity index (χ2v) is 6.49. The summed E-state index contributed by atoms with van der Waals surface area (Å²) in [6.07, 6.45) is 1.49. The smallest absolute Gasteiger partial charge is 0.282 e. The van der Waals surface area contributed by atoms with Crippen molar-refractivity contribution < 1.29 is 23.8 Å². The molecule has 1 saturated heterocycles. The maximum Gasteiger partial charge on any atom is 0.282 e. The number of anilines is 1. The molecule has 3 rings (SSSR count). The maximum atomic E-state index is 12.7. The number of methoxy groups -OCH3 is 3. The third-order valence-electron chi connectivity index (χ3n) is 3.97.